The van der Waals surface area contributed by atoms with Crippen molar-refractivity contribution in [1.29, 1.82) is 0 Å². The van der Waals surface area contributed by atoms with E-state index in [4.69, 9.17) is 14.2 Å². The first-order valence-corrected chi connectivity index (χ1v) is 12.9. The smallest absolute Gasteiger partial charge is 0.338 e. The maximum absolute atomic E-state index is 13.7. The first kappa shape index (κ1) is 25.8. The van der Waals surface area contributed by atoms with E-state index in [1.54, 1.807) is 22.8 Å². The summed E-state index contributed by atoms with van der Waals surface area (Å²) in [6.07, 6.45) is 2.24. The Balaban J connectivity index is 1.94. The number of ether oxygens (including phenoxy) is 3. The summed E-state index contributed by atoms with van der Waals surface area (Å²) in [5.74, 6) is -0.275. The number of allylic oxidation sites excluding steroid dienone is 1. The van der Waals surface area contributed by atoms with Gasteiger partial charge < -0.3 is 14.2 Å². The number of aromatic nitrogens is 1. The van der Waals surface area contributed by atoms with Crippen LogP contribution in [0.4, 0.5) is 0 Å². The average Bonchev–Trinajstić information content (AvgIpc) is 3.18. The molecule has 0 saturated carbocycles. The summed E-state index contributed by atoms with van der Waals surface area (Å²) in [6, 6.07) is 12.2. The van der Waals surface area contributed by atoms with Crippen LogP contribution in [0.5, 0.6) is 11.5 Å². The molecule has 0 amide bonds. The van der Waals surface area contributed by atoms with Crippen molar-refractivity contribution in [2.24, 2.45) is 4.99 Å². The fourth-order valence-corrected chi connectivity index (χ4v) is 5.79. The Morgan fingerprint density at radius 3 is 2.53 bits per heavy atom. The van der Waals surface area contributed by atoms with E-state index in [1.165, 1.54) is 32.5 Å². The van der Waals surface area contributed by atoms with E-state index in [2.05, 4.69) is 27.6 Å². The third-order valence-corrected chi connectivity index (χ3v) is 7.35. The van der Waals surface area contributed by atoms with Crippen molar-refractivity contribution in [2.75, 3.05) is 14.2 Å². The highest BCUT2D eigenvalue weighted by molar-refractivity contribution is 14.1. The average molecular weight is 618 g/mol. The van der Waals surface area contributed by atoms with E-state index in [-0.39, 0.29) is 5.56 Å². The third-order valence-electron chi connectivity index (χ3n) is 5.56. The quantitative estimate of drug-likeness (QED) is 0.239. The van der Waals surface area contributed by atoms with Gasteiger partial charge in [-0.2, -0.15) is 0 Å². The van der Waals surface area contributed by atoms with Crippen molar-refractivity contribution in [1.82, 2.24) is 4.57 Å². The number of methoxy groups -OCH3 is 2. The Hall–Kier alpha value is -3.25. The monoisotopic (exact) mass is 618 g/mol. The molecular formula is C26H23IN2O6S. The lowest BCUT2D eigenvalue weighted by Gasteiger charge is -2.25. The van der Waals surface area contributed by atoms with Gasteiger partial charge in [0.05, 0.1) is 39.6 Å². The summed E-state index contributed by atoms with van der Waals surface area (Å²) in [7, 11) is 2.81. The summed E-state index contributed by atoms with van der Waals surface area (Å²) in [5, 5.41) is 0. The first-order chi connectivity index (χ1) is 17.3. The Bertz CT molecular complexity index is 1560. The van der Waals surface area contributed by atoms with Crippen molar-refractivity contribution >= 4 is 51.9 Å². The fraction of sp³-hybridized carbons (Fsp3) is 0.231. The van der Waals surface area contributed by atoms with Crippen LogP contribution in [0.1, 0.15) is 37.4 Å². The van der Waals surface area contributed by atoms with E-state index >= 15 is 0 Å². The Labute approximate surface area is 224 Å². The first-order valence-electron chi connectivity index (χ1n) is 11.0. The number of hydrogen-bond acceptors (Lipinski definition) is 8. The zero-order chi connectivity index (χ0) is 26.0. The van der Waals surface area contributed by atoms with E-state index in [0.29, 0.717) is 47.7 Å². The molecule has 4 rings (SSSR count). The summed E-state index contributed by atoms with van der Waals surface area (Å²) in [4.78, 5) is 43.2. The second kappa shape index (κ2) is 10.8. The van der Waals surface area contributed by atoms with Gasteiger partial charge in [-0.3, -0.25) is 14.2 Å². The van der Waals surface area contributed by atoms with Crippen LogP contribution in [0.15, 0.2) is 63.5 Å². The minimum Gasteiger partial charge on any atom is -0.493 e. The fourth-order valence-electron chi connectivity index (χ4n) is 4.03. The zero-order valence-corrected chi connectivity index (χ0v) is 23.0. The van der Waals surface area contributed by atoms with Crippen LogP contribution in [-0.4, -0.2) is 30.7 Å². The second-order valence-corrected chi connectivity index (χ2v) is 10.00. The van der Waals surface area contributed by atoms with Crippen LogP contribution >= 0.6 is 33.9 Å². The summed E-state index contributed by atoms with van der Waals surface area (Å²) >= 11 is 3.30. The molecule has 36 heavy (non-hydrogen) atoms. The van der Waals surface area contributed by atoms with Gasteiger partial charge in [0.15, 0.2) is 16.3 Å². The molecule has 2 aromatic carbocycles. The Kier molecular flexibility index (Phi) is 7.74. The molecule has 1 aliphatic rings. The van der Waals surface area contributed by atoms with Crippen molar-refractivity contribution < 1.29 is 23.8 Å². The zero-order valence-electron chi connectivity index (χ0n) is 20.0. The van der Waals surface area contributed by atoms with Crippen molar-refractivity contribution in [2.45, 2.75) is 26.3 Å². The van der Waals surface area contributed by atoms with Crippen LogP contribution in [0.25, 0.3) is 6.08 Å². The van der Waals surface area contributed by atoms with Gasteiger partial charge in [0, 0.05) is 6.92 Å². The van der Waals surface area contributed by atoms with Crippen LogP contribution < -0.4 is 24.4 Å². The van der Waals surface area contributed by atoms with Gasteiger partial charge in [0.1, 0.15) is 0 Å². The lowest BCUT2D eigenvalue weighted by Crippen LogP contribution is -2.40. The maximum Gasteiger partial charge on any atom is 0.338 e. The third kappa shape index (κ3) is 4.87. The highest BCUT2D eigenvalue weighted by Gasteiger charge is 2.33. The molecule has 10 heteroatoms. The van der Waals surface area contributed by atoms with E-state index in [1.807, 2.05) is 37.3 Å². The largest absolute Gasteiger partial charge is 0.493 e. The topological polar surface area (TPSA) is 96.2 Å². The molecule has 0 bridgehead atoms. The van der Waals surface area contributed by atoms with Gasteiger partial charge in [-0.1, -0.05) is 48.6 Å². The molecule has 0 aliphatic carbocycles. The van der Waals surface area contributed by atoms with E-state index in [0.717, 1.165) is 5.56 Å². The number of nitrogens with zero attached hydrogens (tertiary/aromatic N) is 2. The van der Waals surface area contributed by atoms with Gasteiger partial charge in [-0.25, -0.2) is 9.79 Å². The Morgan fingerprint density at radius 1 is 1.19 bits per heavy atom. The molecule has 1 aromatic heterocycles. The number of esters is 2. The standard InChI is InChI=1S/C26H23IN2O6S/c1-5-18-21(25(32)34-4)22(16-9-7-6-8-10-16)29-24(31)20(36-26(29)28-18)13-15-11-17(27)23(35-14(2)30)19(12-15)33-3/h6-13,22H,5H2,1-4H3/b20-13+/t22-/m0/s1. The molecule has 2 heterocycles. The molecule has 8 nitrogen and oxygen atoms in total. The number of carbonyl (C=O) groups excluding carboxylic acids is 2. The molecular weight excluding hydrogens is 595 g/mol. The number of halogens is 1. The molecule has 0 spiro atoms. The minimum absolute atomic E-state index is 0.276. The number of rotatable bonds is 6. The van der Waals surface area contributed by atoms with E-state index in [9.17, 15) is 14.4 Å². The lowest BCUT2D eigenvalue weighted by atomic mass is 9.95. The van der Waals surface area contributed by atoms with Gasteiger partial charge in [0.2, 0.25) is 0 Å². The normalized spacial score (nSPS) is 15.2. The molecule has 186 valence electrons. The molecule has 0 N–H and O–H groups in total. The predicted molar refractivity (Wildman–Crippen MR) is 144 cm³/mol. The van der Waals surface area contributed by atoms with Crippen LogP contribution in [0, 0.1) is 3.57 Å². The molecule has 0 saturated heterocycles. The number of fused-ring (bicyclic) bond motifs is 1. The second-order valence-electron chi connectivity index (χ2n) is 7.83. The van der Waals surface area contributed by atoms with E-state index < -0.39 is 18.0 Å². The molecule has 0 fully saturated rings. The minimum atomic E-state index is -0.659. The number of carbonyl (C=O) groups is 2. The van der Waals surface area contributed by atoms with Crippen LogP contribution in [0.2, 0.25) is 0 Å². The summed E-state index contributed by atoms with van der Waals surface area (Å²) < 4.78 is 18.4. The number of thiazole rings is 1. The summed E-state index contributed by atoms with van der Waals surface area (Å²) in [6.45, 7) is 3.23. The van der Waals surface area contributed by atoms with Gasteiger partial charge in [-0.05, 0) is 58.3 Å². The van der Waals surface area contributed by atoms with Gasteiger partial charge >= 0.3 is 11.9 Å². The van der Waals surface area contributed by atoms with Crippen LogP contribution in [-0.2, 0) is 14.3 Å². The predicted octanol–water partition coefficient (Wildman–Crippen LogP) is 3.34. The highest BCUT2D eigenvalue weighted by atomic mass is 127. The van der Waals surface area contributed by atoms with Crippen molar-refractivity contribution in [3.05, 3.63) is 88.1 Å². The Morgan fingerprint density at radius 2 is 1.92 bits per heavy atom. The van der Waals surface area contributed by atoms with Crippen molar-refractivity contribution in [3.8, 4) is 11.5 Å². The lowest BCUT2D eigenvalue weighted by molar-refractivity contribution is -0.136. The molecule has 1 aliphatic heterocycles. The van der Waals surface area contributed by atoms with Crippen molar-refractivity contribution in [3.63, 3.8) is 0 Å². The maximum atomic E-state index is 13.7. The molecule has 0 radical (unpaired) electrons. The highest BCUT2D eigenvalue weighted by Crippen LogP contribution is 2.35. The molecule has 3 aromatic rings. The SMILES string of the molecule is CCC1=C(C(=O)OC)[C@H](c2ccccc2)n2c(s/c(=C/c3cc(I)c(OC(C)=O)c(OC)c3)c2=O)=N1. The van der Waals surface area contributed by atoms with Gasteiger partial charge in [-0.15, -0.1) is 0 Å². The molecule has 0 unspecified atom stereocenters. The number of hydrogen-bond donors (Lipinski definition) is 0. The number of benzene rings is 2. The van der Waals surface area contributed by atoms with Crippen LogP contribution in [0.3, 0.4) is 0 Å². The summed E-state index contributed by atoms with van der Waals surface area (Å²) in [5.41, 5.74) is 2.14. The van der Waals surface area contributed by atoms with Gasteiger partial charge in [0.25, 0.3) is 5.56 Å². The molecule has 1 atom stereocenters.